The number of ether oxygens (including phenoxy) is 1. The fraction of sp³-hybridized carbons (Fsp3) is 0.429. The molecule has 30 heavy (non-hydrogen) atoms. The number of anilines is 2. The van der Waals surface area contributed by atoms with Crippen molar-refractivity contribution in [2.24, 2.45) is 5.92 Å². The molecule has 0 spiro atoms. The van der Waals surface area contributed by atoms with E-state index in [9.17, 15) is 13.2 Å². The van der Waals surface area contributed by atoms with Gasteiger partial charge in [-0.05, 0) is 42.0 Å². The molecule has 2 aliphatic rings. The number of aromatic nitrogens is 1. The first-order valence-electron chi connectivity index (χ1n) is 10.0. The Morgan fingerprint density at radius 1 is 1.07 bits per heavy atom. The van der Waals surface area contributed by atoms with Gasteiger partial charge in [0.15, 0.2) is 0 Å². The molecule has 1 amide bonds. The van der Waals surface area contributed by atoms with Crippen molar-refractivity contribution in [3.05, 3.63) is 54.4 Å². The summed E-state index contributed by atoms with van der Waals surface area (Å²) in [5, 5.41) is 2.97. The van der Waals surface area contributed by atoms with Crippen molar-refractivity contribution in [3.8, 4) is 0 Å². The summed E-state index contributed by atoms with van der Waals surface area (Å²) in [5.74, 6) is -0.863. The van der Waals surface area contributed by atoms with Crippen molar-refractivity contribution in [3.63, 3.8) is 0 Å². The van der Waals surface area contributed by atoms with Crippen molar-refractivity contribution in [1.29, 1.82) is 0 Å². The zero-order chi connectivity index (χ0) is 21.1. The molecular formula is C21H26N4O4S. The lowest BCUT2D eigenvalue weighted by molar-refractivity contribution is -0.119. The molecule has 1 aromatic heterocycles. The number of carbonyl (C=O) groups excluding carboxylic acids is 1. The summed E-state index contributed by atoms with van der Waals surface area (Å²) in [6.45, 7) is 3.59. The third-order valence-electron chi connectivity index (χ3n) is 5.74. The maximum Gasteiger partial charge on any atom is 0.229 e. The van der Waals surface area contributed by atoms with E-state index in [0.717, 1.165) is 24.3 Å². The minimum absolute atomic E-state index is 0.170. The van der Waals surface area contributed by atoms with E-state index in [4.69, 9.17) is 4.74 Å². The maximum atomic E-state index is 13.1. The highest BCUT2D eigenvalue weighted by Crippen LogP contribution is 2.34. The highest BCUT2D eigenvalue weighted by molar-refractivity contribution is 7.88. The Kier molecular flexibility index (Phi) is 6.03. The Morgan fingerprint density at radius 3 is 2.37 bits per heavy atom. The van der Waals surface area contributed by atoms with Crippen LogP contribution in [-0.2, 0) is 19.6 Å². The molecule has 0 saturated carbocycles. The molecule has 0 bridgehead atoms. The molecule has 160 valence electrons. The van der Waals surface area contributed by atoms with Gasteiger partial charge in [0, 0.05) is 55.9 Å². The number of carbonyl (C=O) groups is 1. The monoisotopic (exact) mass is 430 g/mol. The van der Waals surface area contributed by atoms with Crippen LogP contribution < -0.4 is 10.2 Å². The van der Waals surface area contributed by atoms with Gasteiger partial charge in [-0.15, -0.1) is 0 Å². The highest BCUT2D eigenvalue weighted by Gasteiger charge is 2.41. The van der Waals surface area contributed by atoms with Gasteiger partial charge < -0.3 is 15.0 Å². The van der Waals surface area contributed by atoms with Gasteiger partial charge in [-0.1, -0.05) is 0 Å². The van der Waals surface area contributed by atoms with E-state index in [2.05, 4.69) is 15.2 Å². The number of hydrogen-bond donors (Lipinski definition) is 1. The summed E-state index contributed by atoms with van der Waals surface area (Å²) in [6, 6.07) is 11.4. The van der Waals surface area contributed by atoms with Crippen molar-refractivity contribution in [2.45, 2.75) is 5.92 Å². The minimum Gasteiger partial charge on any atom is -0.378 e. The van der Waals surface area contributed by atoms with Gasteiger partial charge in [0.2, 0.25) is 15.9 Å². The molecular weight excluding hydrogens is 404 g/mol. The van der Waals surface area contributed by atoms with E-state index < -0.39 is 15.9 Å². The van der Waals surface area contributed by atoms with Crippen molar-refractivity contribution in [2.75, 3.05) is 55.9 Å². The number of benzene rings is 1. The van der Waals surface area contributed by atoms with Crippen LogP contribution >= 0.6 is 0 Å². The predicted octanol–water partition coefficient (Wildman–Crippen LogP) is 1.53. The second-order valence-electron chi connectivity index (χ2n) is 7.71. The van der Waals surface area contributed by atoms with Gasteiger partial charge >= 0.3 is 0 Å². The van der Waals surface area contributed by atoms with E-state index in [1.54, 1.807) is 12.4 Å². The third kappa shape index (κ3) is 4.63. The van der Waals surface area contributed by atoms with Crippen molar-refractivity contribution in [1.82, 2.24) is 9.29 Å². The van der Waals surface area contributed by atoms with Crippen LogP contribution in [0.5, 0.6) is 0 Å². The Labute approximate surface area is 176 Å². The van der Waals surface area contributed by atoms with Crippen LogP contribution in [0.2, 0.25) is 0 Å². The lowest BCUT2D eigenvalue weighted by atomic mass is 9.89. The third-order valence-corrected chi connectivity index (χ3v) is 6.97. The van der Waals surface area contributed by atoms with Crippen LogP contribution in [0.3, 0.4) is 0 Å². The molecule has 0 unspecified atom stereocenters. The maximum absolute atomic E-state index is 13.1. The number of nitrogens with zero attached hydrogens (tertiary/aromatic N) is 3. The molecule has 1 aromatic carbocycles. The van der Waals surface area contributed by atoms with Gasteiger partial charge in [-0.2, -0.15) is 0 Å². The average molecular weight is 431 g/mol. The van der Waals surface area contributed by atoms with Gasteiger partial charge in [0.1, 0.15) is 0 Å². The largest absolute Gasteiger partial charge is 0.378 e. The molecule has 0 radical (unpaired) electrons. The molecule has 2 saturated heterocycles. The number of morpholine rings is 1. The van der Waals surface area contributed by atoms with Crippen molar-refractivity contribution >= 4 is 27.3 Å². The highest BCUT2D eigenvalue weighted by atomic mass is 32.2. The van der Waals surface area contributed by atoms with E-state index in [0.29, 0.717) is 18.9 Å². The quantitative estimate of drug-likeness (QED) is 0.774. The Bertz CT molecular complexity index is 976. The first kappa shape index (κ1) is 20.8. The van der Waals surface area contributed by atoms with Gasteiger partial charge in [-0.25, -0.2) is 12.7 Å². The average Bonchev–Trinajstić information content (AvgIpc) is 3.22. The molecule has 2 aliphatic heterocycles. The molecule has 0 aliphatic carbocycles. The molecule has 4 rings (SSSR count). The fourth-order valence-corrected chi connectivity index (χ4v) is 4.93. The second-order valence-corrected chi connectivity index (χ2v) is 9.69. The van der Waals surface area contributed by atoms with E-state index in [1.807, 2.05) is 36.4 Å². The number of pyridine rings is 1. The minimum atomic E-state index is -3.38. The molecule has 2 atom stereocenters. The van der Waals surface area contributed by atoms with E-state index >= 15 is 0 Å². The summed E-state index contributed by atoms with van der Waals surface area (Å²) in [7, 11) is -3.38. The summed E-state index contributed by atoms with van der Waals surface area (Å²) < 4.78 is 30.9. The summed E-state index contributed by atoms with van der Waals surface area (Å²) >= 11 is 0. The Morgan fingerprint density at radius 2 is 1.73 bits per heavy atom. The predicted molar refractivity (Wildman–Crippen MR) is 115 cm³/mol. The smallest absolute Gasteiger partial charge is 0.229 e. The van der Waals surface area contributed by atoms with E-state index in [1.165, 1.54) is 10.6 Å². The molecule has 2 aromatic rings. The SMILES string of the molecule is CS(=O)(=O)N1C[C@@H](C(=O)Nc2ccc(N3CCOCC3)cc2)[C@H](c2ccncc2)C1. The number of nitrogens with one attached hydrogen (secondary N) is 1. The van der Waals surface area contributed by atoms with Crippen LogP contribution in [-0.4, -0.2) is 69.3 Å². The van der Waals surface area contributed by atoms with E-state index in [-0.39, 0.29) is 24.9 Å². The van der Waals surface area contributed by atoms with Gasteiger partial charge in [0.05, 0.1) is 25.4 Å². The second kappa shape index (κ2) is 8.71. The summed E-state index contributed by atoms with van der Waals surface area (Å²) in [6.07, 6.45) is 4.51. The van der Waals surface area contributed by atoms with Crippen LogP contribution in [0.15, 0.2) is 48.8 Å². The lowest BCUT2D eigenvalue weighted by Gasteiger charge is -2.29. The number of sulfonamides is 1. The standard InChI is InChI=1S/C21H26N4O4S/c1-30(27,28)25-14-19(16-6-8-22-9-7-16)20(15-25)21(26)23-17-2-4-18(5-3-17)24-10-12-29-13-11-24/h2-9,19-20H,10-15H2,1H3,(H,23,26)/t19-,20+/m0/s1. The number of rotatable bonds is 5. The molecule has 1 N–H and O–H groups in total. The molecule has 9 heteroatoms. The molecule has 2 fully saturated rings. The topological polar surface area (TPSA) is 91.8 Å². The molecule has 8 nitrogen and oxygen atoms in total. The summed E-state index contributed by atoms with van der Waals surface area (Å²) in [5.41, 5.74) is 2.71. The number of amides is 1. The summed E-state index contributed by atoms with van der Waals surface area (Å²) in [4.78, 5) is 19.4. The first-order chi connectivity index (χ1) is 14.4. The lowest BCUT2D eigenvalue weighted by Crippen LogP contribution is -2.36. The first-order valence-corrected chi connectivity index (χ1v) is 11.9. The zero-order valence-corrected chi connectivity index (χ0v) is 17.7. The molecule has 3 heterocycles. The Hall–Kier alpha value is -2.49. The fourth-order valence-electron chi connectivity index (χ4n) is 4.06. The van der Waals surface area contributed by atoms with Crippen LogP contribution in [0.1, 0.15) is 11.5 Å². The normalized spacial score (nSPS) is 22.8. The van der Waals surface area contributed by atoms with Crippen molar-refractivity contribution < 1.29 is 17.9 Å². The van der Waals surface area contributed by atoms with Crippen LogP contribution in [0.4, 0.5) is 11.4 Å². The van der Waals surface area contributed by atoms with Gasteiger partial charge in [-0.3, -0.25) is 9.78 Å². The zero-order valence-electron chi connectivity index (χ0n) is 16.9. The van der Waals surface area contributed by atoms with Crippen LogP contribution in [0, 0.1) is 5.92 Å². The Balaban J connectivity index is 1.49. The van der Waals surface area contributed by atoms with Gasteiger partial charge in [0.25, 0.3) is 0 Å². The van der Waals surface area contributed by atoms with Crippen LogP contribution in [0.25, 0.3) is 0 Å². The number of hydrogen-bond acceptors (Lipinski definition) is 6.